The average Bonchev–Trinajstić information content (AvgIpc) is 2.89. The summed E-state index contributed by atoms with van der Waals surface area (Å²) >= 11 is 0. The average molecular weight is 440 g/mol. The minimum Gasteiger partial charge on any atom is -0.382 e. The van der Waals surface area contributed by atoms with E-state index >= 15 is 0 Å². The van der Waals surface area contributed by atoms with Crippen LogP contribution in [0.1, 0.15) is 33.5 Å². The molecule has 2 aromatic heterocycles. The normalized spacial score (nSPS) is 13.1. The Labute approximate surface area is 165 Å². The summed E-state index contributed by atoms with van der Waals surface area (Å²) in [6, 6.07) is 0. The molecular weight excluding hydrogens is 416 g/mol. The van der Waals surface area contributed by atoms with Crippen LogP contribution < -0.4 is 11.5 Å². The summed E-state index contributed by atoms with van der Waals surface area (Å²) < 4.78 is 69.6. The van der Waals surface area contributed by atoms with Crippen molar-refractivity contribution in [2.24, 2.45) is 0 Å². The number of hydrogen-bond acceptors (Lipinski definition) is 9. The number of nitrogens with zero attached hydrogens (tertiary/aromatic N) is 4. The van der Waals surface area contributed by atoms with Gasteiger partial charge in [0.1, 0.15) is 6.35 Å². The number of nitrogens with two attached hydrogens (primary N) is 2. The standard InChI is InChI=1S/C15H24F3N6O4P/c1-8(2)27-29(25,28-9(3)4)7-26-6-5-24-12-10(11(19)22-14(20)23-12)21-13(24)15(16,17)18/h8-9H,5-7H2,1-4H3,(H4,19,20,22,23). The summed E-state index contributed by atoms with van der Waals surface area (Å²) in [4.78, 5) is 10.9. The van der Waals surface area contributed by atoms with Gasteiger partial charge in [-0.25, -0.2) is 4.98 Å². The van der Waals surface area contributed by atoms with E-state index in [1.165, 1.54) is 0 Å². The van der Waals surface area contributed by atoms with Crippen molar-refractivity contribution in [3.63, 3.8) is 0 Å². The van der Waals surface area contributed by atoms with Crippen molar-refractivity contribution in [2.45, 2.75) is 52.6 Å². The van der Waals surface area contributed by atoms with Crippen LogP contribution in [0, 0.1) is 0 Å². The fourth-order valence-corrected chi connectivity index (χ4v) is 4.34. The molecule has 2 heterocycles. The molecule has 29 heavy (non-hydrogen) atoms. The molecule has 0 saturated carbocycles. The first-order valence-corrected chi connectivity index (χ1v) is 10.4. The van der Waals surface area contributed by atoms with Crippen molar-refractivity contribution >= 4 is 30.5 Å². The predicted molar refractivity (Wildman–Crippen MR) is 100 cm³/mol. The molecule has 10 nitrogen and oxygen atoms in total. The van der Waals surface area contributed by atoms with Gasteiger partial charge in [0.25, 0.3) is 0 Å². The van der Waals surface area contributed by atoms with Gasteiger partial charge in [-0.05, 0) is 27.7 Å². The van der Waals surface area contributed by atoms with Crippen LogP contribution in [0.25, 0.3) is 11.2 Å². The maximum absolute atomic E-state index is 13.4. The first-order valence-electron chi connectivity index (χ1n) is 8.72. The first kappa shape index (κ1) is 23.3. The number of hydrogen-bond donors (Lipinski definition) is 2. The van der Waals surface area contributed by atoms with E-state index in [0.717, 1.165) is 4.57 Å². The number of nitrogen functional groups attached to an aromatic ring is 2. The Balaban J connectivity index is 2.20. The zero-order chi connectivity index (χ0) is 22.0. The van der Waals surface area contributed by atoms with Gasteiger partial charge in [-0.3, -0.25) is 4.57 Å². The van der Waals surface area contributed by atoms with Crippen LogP contribution in [-0.4, -0.2) is 44.7 Å². The lowest BCUT2D eigenvalue weighted by Gasteiger charge is -2.22. The molecule has 0 saturated heterocycles. The monoisotopic (exact) mass is 440 g/mol. The maximum atomic E-state index is 13.4. The number of alkyl halides is 3. The van der Waals surface area contributed by atoms with Crippen LogP contribution in [0.4, 0.5) is 24.9 Å². The van der Waals surface area contributed by atoms with Crippen molar-refractivity contribution in [2.75, 3.05) is 24.4 Å². The molecule has 0 aromatic carbocycles. The lowest BCUT2D eigenvalue weighted by atomic mass is 10.5. The van der Waals surface area contributed by atoms with Crippen LogP contribution >= 0.6 is 7.60 Å². The number of ether oxygens (including phenoxy) is 1. The van der Waals surface area contributed by atoms with Gasteiger partial charge in [-0.15, -0.1) is 0 Å². The molecule has 0 aliphatic rings. The molecule has 14 heteroatoms. The minimum atomic E-state index is -4.77. The summed E-state index contributed by atoms with van der Waals surface area (Å²) in [6.07, 6.45) is -5.96. The lowest BCUT2D eigenvalue weighted by molar-refractivity contribution is -0.147. The Kier molecular flexibility index (Phi) is 7.10. The molecule has 0 aliphatic carbocycles. The van der Waals surface area contributed by atoms with Crippen LogP contribution in [0.2, 0.25) is 0 Å². The summed E-state index contributed by atoms with van der Waals surface area (Å²) in [6.45, 7) is 6.17. The number of aromatic nitrogens is 4. The van der Waals surface area contributed by atoms with E-state index in [1.54, 1.807) is 27.7 Å². The van der Waals surface area contributed by atoms with Gasteiger partial charge in [0.05, 0.1) is 18.8 Å². The Morgan fingerprint density at radius 1 is 1.07 bits per heavy atom. The molecule has 0 amide bonds. The molecule has 164 valence electrons. The number of imidazole rings is 1. The molecule has 0 spiro atoms. The van der Waals surface area contributed by atoms with Gasteiger partial charge in [-0.2, -0.15) is 23.1 Å². The molecule has 0 aliphatic heterocycles. The second-order valence-corrected chi connectivity index (χ2v) is 8.58. The highest BCUT2D eigenvalue weighted by atomic mass is 31.2. The number of rotatable bonds is 9. The summed E-state index contributed by atoms with van der Waals surface area (Å²) in [7, 11) is -3.58. The van der Waals surface area contributed by atoms with Gasteiger partial charge < -0.3 is 29.8 Å². The van der Waals surface area contributed by atoms with Crippen LogP contribution in [0.3, 0.4) is 0 Å². The van der Waals surface area contributed by atoms with Crippen molar-refractivity contribution in [1.82, 2.24) is 19.5 Å². The first-order chi connectivity index (χ1) is 13.3. The summed E-state index contributed by atoms with van der Waals surface area (Å²) in [5.41, 5.74) is 10.7. The Morgan fingerprint density at radius 2 is 1.66 bits per heavy atom. The topological polar surface area (TPSA) is 140 Å². The van der Waals surface area contributed by atoms with Gasteiger partial charge in [-0.1, -0.05) is 0 Å². The molecule has 2 aromatic rings. The molecule has 0 bridgehead atoms. The van der Waals surface area contributed by atoms with Gasteiger partial charge in [0, 0.05) is 6.54 Å². The second kappa shape index (κ2) is 8.82. The third kappa shape index (κ3) is 6.01. The molecule has 2 rings (SSSR count). The Morgan fingerprint density at radius 3 is 2.17 bits per heavy atom. The van der Waals surface area contributed by atoms with Gasteiger partial charge >= 0.3 is 13.8 Å². The third-order valence-electron chi connectivity index (χ3n) is 3.34. The quantitative estimate of drug-likeness (QED) is 0.445. The van der Waals surface area contributed by atoms with Gasteiger partial charge in [0.2, 0.25) is 11.8 Å². The molecule has 0 radical (unpaired) electrons. The van der Waals surface area contributed by atoms with E-state index in [1.807, 2.05) is 0 Å². The van der Waals surface area contributed by atoms with Crippen LogP contribution in [-0.2, 0) is 31.1 Å². The van der Waals surface area contributed by atoms with E-state index < -0.39 is 25.9 Å². The minimum absolute atomic E-state index is 0.175. The van der Waals surface area contributed by atoms with Crippen molar-refractivity contribution in [3.05, 3.63) is 5.82 Å². The Hall–Kier alpha value is -1.95. The highest BCUT2D eigenvalue weighted by Crippen LogP contribution is 2.50. The van der Waals surface area contributed by atoms with Crippen molar-refractivity contribution < 1.29 is 31.5 Å². The Bertz CT molecular complexity index is 888. The highest BCUT2D eigenvalue weighted by molar-refractivity contribution is 7.53. The van der Waals surface area contributed by atoms with Crippen molar-refractivity contribution in [1.29, 1.82) is 0 Å². The molecule has 0 fully saturated rings. The fourth-order valence-electron chi connectivity index (χ4n) is 2.53. The van der Waals surface area contributed by atoms with E-state index in [-0.39, 0.29) is 48.3 Å². The number of fused-ring (bicyclic) bond motifs is 1. The maximum Gasteiger partial charge on any atom is 0.449 e. The molecule has 4 N–H and O–H groups in total. The summed E-state index contributed by atoms with van der Waals surface area (Å²) in [5, 5.41) is 0. The molecule has 0 unspecified atom stereocenters. The van der Waals surface area contributed by atoms with E-state index in [2.05, 4.69) is 15.0 Å². The van der Waals surface area contributed by atoms with Crippen LogP contribution in [0.5, 0.6) is 0 Å². The van der Waals surface area contributed by atoms with Gasteiger partial charge in [0.15, 0.2) is 17.0 Å². The molecular formula is C15H24F3N6O4P. The smallest absolute Gasteiger partial charge is 0.382 e. The predicted octanol–water partition coefficient (Wildman–Crippen LogP) is 3.03. The highest BCUT2D eigenvalue weighted by Gasteiger charge is 2.38. The van der Waals surface area contributed by atoms with E-state index in [0.29, 0.717) is 0 Å². The van der Waals surface area contributed by atoms with Crippen molar-refractivity contribution in [3.8, 4) is 0 Å². The zero-order valence-corrected chi connectivity index (χ0v) is 17.3. The van der Waals surface area contributed by atoms with Crippen LogP contribution in [0.15, 0.2) is 0 Å². The largest absolute Gasteiger partial charge is 0.449 e. The second-order valence-electron chi connectivity index (χ2n) is 6.68. The third-order valence-corrected chi connectivity index (χ3v) is 5.33. The SMILES string of the molecule is CC(C)OP(=O)(COCCn1c(C(F)(F)F)nc2c(N)nc(N)nc21)OC(C)C. The van der Waals surface area contributed by atoms with E-state index in [9.17, 15) is 17.7 Å². The zero-order valence-electron chi connectivity index (χ0n) is 16.4. The fraction of sp³-hybridized carbons (Fsp3) is 0.667. The van der Waals surface area contributed by atoms with E-state index in [4.69, 9.17) is 25.3 Å². The number of halogens is 3. The lowest BCUT2D eigenvalue weighted by Crippen LogP contribution is -2.18. The number of anilines is 2. The summed E-state index contributed by atoms with van der Waals surface area (Å²) in [5.74, 6) is -1.77. The molecule has 0 atom stereocenters.